The predicted octanol–water partition coefficient (Wildman–Crippen LogP) is 3.25. The second-order valence-electron chi connectivity index (χ2n) is 8.18. The first kappa shape index (κ1) is 20.2. The fourth-order valence-electron chi connectivity index (χ4n) is 4.43. The van der Waals surface area contributed by atoms with Crippen molar-refractivity contribution < 1.29 is 14.3 Å². The minimum atomic E-state index is -0.174. The molecular weight excluding hydrogens is 404 g/mol. The van der Waals surface area contributed by atoms with Crippen LogP contribution in [-0.2, 0) is 11.2 Å². The summed E-state index contributed by atoms with van der Waals surface area (Å²) in [6.45, 7) is 5.79. The van der Waals surface area contributed by atoms with Crippen molar-refractivity contribution in [1.82, 2.24) is 14.9 Å². The molecule has 32 heavy (non-hydrogen) atoms. The van der Waals surface area contributed by atoms with Crippen LogP contribution in [0.3, 0.4) is 0 Å². The molecule has 0 N–H and O–H groups in total. The minimum Gasteiger partial charge on any atom is -0.490 e. The molecule has 7 heteroatoms. The van der Waals surface area contributed by atoms with E-state index < -0.39 is 0 Å². The number of hydrogen-bond acceptors (Lipinski definition) is 5. The van der Waals surface area contributed by atoms with Gasteiger partial charge in [-0.3, -0.25) is 9.59 Å². The summed E-state index contributed by atoms with van der Waals surface area (Å²) in [5, 5.41) is 1.03. The Labute approximate surface area is 186 Å². The monoisotopic (exact) mass is 428 g/mol. The molecule has 2 aliphatic rings. The van der Waals surface area contributed by atoms with Gasteiger partial charge in [0, 0.05) is 36.7 Å². The first-order valence-corrected chi connectivity index (χ1v) is 10.8. The number of anilines is 1. The number of ether oxygens (including phenoxy) is 1. The van der Waals surface area contributed by atoms with Crippen LogP contribution in [0.4, 0.5) is 5.69 Å². The van der Waals surface area contributed by atoms with Gasteiger partial charge in [-0.15, -0.1) is 0 Å². The average Bonchev–Trinajstić information content (AvgIpc) is 3.30. The second-order valence-corrected chi connectivity index (χ2v) is 8.18. The van der Waals surface area contributed by atoms with Gasteiger partial charge in [0.25, 0.3) is 11.8 Å². The zero-order valence-electron chi connectivity index (χ0n) is 17.7. The smallest absolute Gasteiger partial charge is 0.254 e. The van der Waals surface area contributed by atoms with Crippen LogP contribution in [0, 0.1) is 5.92 Å². The Balaban J connectivity index is 1.27. The van der Waals surface area contributed by atoms with E-state index in [2.05, 4.69) is 16.5 Å². The van der Waals surface area contributed by atoms with Crippen molar-refractivity contribution in [1.29, 1.82) is 0 Å². The Kier molecular flexibility index (Phi) is 5.31. The number of nitrogens with zero attached hydrogens (tertiary/aromatic N) is 4. The highest BCUT2D eigenvalue weighted by atomic mass is 16.5. The summed E-state index contributed by atoms with van der Waals surface area (Å²) >= 11 is 0. The maximum atomic E-state index is 13.1. The van der Waals surface area contributed by atoms with Crippen LogP contribution in [0.15, 0.2) is 61.3 Å². The maximum Gasteiger partial charge on any atom is 0.254 e. The molecule has 3 heterocycles. The maximum absolute atomic E-state index is 13.1. The lowest BCUT2D eigenvalue weighted by molar-refractivity contribution is -0.114. The number of hydrogen-bond donors (Lipinski definition) is 0. The lowest BCUT2D eigenvalue weighted by atomic mass is 10.0. The van der Waals surface area contributed by atoms with E-state index in [4.69, 9.17) is 4.74 Å². The molecule has 0 radical (unpaired) electrons. The van der Waals surface area contributed by atoms with E-state index in [1.165, 1.54) is 6.08 Å². The molecule has 2 aromatic carbocycles. The number of likely N-dealkylation sites (tertiary alicyclic amines) is 1. The second kappa shape index (κ2) is 8.42. The lowest BCUT2D eigenvalue weighted by Crippen LogP contribution is -2.37. The van der Waals surface area contributed by atoms with Crippen molar-refractivity contribution in [2.45, 2.75) is 12.8 Å². The van der Waals surface area contributed by atoms with Crippen molar-refractivity contribution in [3.8, 4) is 5.75 Å². The average molecular weight is 428 g/mol. The van der Waals surface area contributed by atoms with Crippen molar-refractivity contribution in [2.24, 2.45) is 5.92 Å². The van der Waals surface area contributed by atoms with E-state index in [1.807, 2.05) is 35.4 Å². The Morgan fingerprint density at radius 2 is 2.06 bits per heavy atom. The van der Waals surface area contributed by atoms with E-state index in [1.54, 1.807) is 23.1 Å². The Morgan fingerprint density at radius 3 is 2.94 bits per heavy atom. The van der Waals surface area contributed by atoms with Crippen LogP contribution in [0.2, 0.25) is 0 Å². The van der Waals surface area contributed by atoms with Gasteiger partial charge in [-0.2, -0.15) is 0 Å². The number of carbonyl (C=O) groups excluding carboxylic acids is 2. The van der Waals surface area contributed by atoms with Crippen molar-refractivity contribution in [3.05, 3.63) is 72.7 Å². The normalized spacial score (nSPS) is 17.7. The van der Waals surface area contributed by atoms with Crippen molar-refractivity contribution in [3.63, 3.8) is 0 Å². The molecule has 1 atom stereocenters. The molecule has 2 aliphatic heterocycles. The summed E-state index contributed by atoms with van der Waals surface area (Å²) in [5.41, 5.74) is 2.19. The molecule has 5 rings (SSSR count). The van der Waals surface area contributed by atoms with Gasteiger partial charge in [0.1, 0.15) is 18.2 Å². The summed E-state index contributed by atoms with van der Waals surface area (Å²) < 4.78 is 5.72. The molecule has 7 nitrogen and oxygen atoms in total. The van der Waals surface area contributed by atoms with Gasteiger partial charge in [-0.25, -0.2) is 9.97 Å². The summed E-state index contributed by atoms with van der Waals surface area (Å²) in [6, 6.07) is 13.2. The number of aromatic nitrogens is 2. The fraction of sp³-hybridized carbons (Fsp3) is 0.280. The van der Waals surface area contributed by atoms with E-state index in [9.17, 15) is 9.59 Å². The predicted molar refractivity (Wildman–Crippen MR) is 122 cm³/mol. The third-order valence-electron chi connectivity index (χ3n) is 6.09. The van der Waals surface area contributed by atoms with Gasteiger partial charge in [-0.05, 0) is 42.7 Å². The highest BCUT2D eigenvalue weighted by Crippen LogP contribution is 2.33. The number of amides is 2. The van der Waals surface area contributed by atoms with Crippen LogP contribution in [0.25, 0.3) is 10.9 Å². The number of rotatable bonds is 4. The van der Waals surface area contributed by atoms with Crippen LogP contribution in [0.1, 0.15) is 22.6 Å². The standard InChI is InChI=1S/C25H24N4O3/c1-2-24(30)29-11-12-32-22-14-18(7-8-21(22)29)25(31)28-10-9-17(16-28)13-23-26-15-19-5-3-4-6-20(19)27-23/h2-8,14-15,17H,1,9-13,16H2/t17-/m0/s1. The molecule has 2 amide bonds. The molecule has 0 saturated carbocycles. The van der Waals surface area contributed by atoms with E-state index in [-0.39, 0.29) is 11.8 Å². The van der Waals surface area contributed by atoms with Crippen LogP contribution < -0.4 is 9.64 Å². The van der Waals surface area contributed by atoms with Crippen LogP contribution >= 0.6 is 0 Å². The van der Waals surface area contributed by atoms with Gasteiger partial charge in [0.05, 0.1) is 17.7 Å². The van der Waals surface area contributed by atoms with Gasteiger partial charge < -0.3 is 14.5 Å². The Morgan fingerprint density at radius 1 is 1.19 bits per heavy atom. The first-order valence-electron chi connectivity index (χ1n) is 10.8. The third kappa shape index (κ3) is 3.82. The van der Waals surface area contributed by atoms with E-state index in [0.29, 0.717) is 49.2 Å². The zero-order chi connectivity index (χ0) is 22.1. The molecule has 1 saturated heterocycles. The molecule has 3 aromatic rings. The molecule has 1 fully saturated rings. The van der Waals surface area contributed by atoms with Gasteiger partial charge in [0.2, 0.25) is 0 Å². The number of fused-ring (bicyclic) bond motifs is 2. The fourth-order valence-corrected chi connectivity index (χ4v) is 4.43. The number of carbonyl (C=O) groups is 2. The zero-order valence-corrected chi connectivity index (χ0v) is 17.7. The van der Waals surface area contributed by atoms with Crippen LogP contribution in [-0.4, -0.2) is 52.9 Å². The number of para-hydroxylation sites is 1. The summed E-state index contributed by atoms with van der Waals surface area (Å²) in [4.78, 5) is 37.9. The highest BCUT2D eigenvalue weighted by Gasteiger charge is 2.29. The molecule has 162 valence electrons. The molecular formula is C25H24N4O3. The molecule has 0 spiro atoms. The number of benzene rings is 2. The molecule has 0 aliphatic carbocycles. The van der Waals surface area contributed by atoms with E-state index in [0.717, 1.165) is 29.6 Å². The molecule has 0 unspecified atom stereocenters. The Bertz CT molecular complexity index is 1210. The van der Waals surface area contributed by atoms with Crippen LogP contribution in [0.5, 0.6) is 5.75 Å². The summed E-state index contributed by atoms with van der Waals surface area (Å²) in [7, 11) is 0. The van der Waals surface area contributed by atoms with Gasteiger partial charge in [0.15, 0.2) is 0 Å². The Hall–Kier alpha value is -3.74. The lowest BCUT2D eigenvalue weighted by Gasteiger charge is -2.29. The largest absolute Gasteiger partial charge is 0.490 e. The van der Waals surface area contributed by atoms with Gasteiger partial charge >= 0.3 is 0 Å². The summed E-state index contributed by atoms with van der Waals surface area (Å²) in [5.74, 6) is 1.50. The van der Waals surface area contributed by atoms with Crippen molar-refractivity contribution in [2.75, 3.05) is 31.1 Å². The third-order valence-corrected chi connectivity index (χ3v) is 6.09. The van der Waals surface area contributed by atoms with E-state index >= 15 is 0 Å². The van der Waals surface area contributed by atoms with Gasteiger partial charge in [-0.1, -0.05) is 24.8 Å². The van der Waals surface area contributed by atoms with Crippen molar-refractivity contribution >= 4 is 28.4 Å². The highest BCUT2D eigenvalue weighted by molar-refractivity contribution is 6.03. The minimum absolute atomic E-state index is 0.0227. The SMILES string of the molecule is C=CC(=O)N1CCOc2cc(C(=O)N3CC[C@@H](Cc4ncc5ccccc5n4)C3)ccc21. The molecule has 1 aromatic heterocycles. The topological polar surface area (TPSA) is 75.6 Å². The quantitative estimate of drug-likeness (QED) is 0.597. The summed E-state index contributed by atoms with van der Waals surface area (Å²) in [6.07, 6.45) is 4.83. The molecule has 0 bridgehead atoms. The first-order chi connectivity index (χ1) is 15.6.